The van der Waals surface area contributed by atoms with Gasteiger partial charge in [-0.15, -0.1) is 0 Å². The van der Waals surface area contributed by atoms with E-state index in [-0.39, 0.29) is 5.91 Å². The number of fused-ring (bicyclic) bond motifs is 1. The van der Waals surface area contributed by atoms with Crippen molar-refractivity contribution < 1.29 is 9.59 Å². The summed E-state index contributed by atoms with van der Waals surface area (Å²) in [6, 6.07) is 7.36. The molecule has 17 heavy (non-hydrogen) atoms. The van der Waals surface area contributed by atoms with Crippen molar-refractivity contribution >= 4 is 23.1 Å². The highest BCUT2D eigenvalue weighted by Gasteiger charge is 2.09. The highest BCUT2D eigenvalue weighted by Crippen LogP contribution is 2.19. The Morgan fingerprint density at radius 2 is 2.12 bits per heavy atom. The van der Waals surface area contributed by atoms with Crippen LogP contribution in [0.2, 0.25) is 0 Å². The lowest BCUT2D eigenvalue weighted by molar-refractivity contribution is -0.129. The van der Waals surface area contributed by atoms with Gasteiger partial charge in [0.05, 0.1) is 0 Å². The normalized spacial score (nSPS) is 10.5. The number of aldehydes is 1. The van der Waals surface area contributed by atoms with E-state index >= 15 is 0 Å². The Hall–Kier alpha value is -2.10. The lowest BCUT2D eigenvalue weighted by Gasteiger charge is -2.11. The summed E-state index contributed by atoms with van der Waals surface area (Å²) in [5.41, 5.74) is 1.56. The summed E-state index contributed by atoms with van der Waals surface area (Å²) in [6.07, 6.45) is 2.67. The molecule has 0 saturated heterocycles. The molecule has 0 atom stereocenters. The molecule has 0 radical (unpaired) electrons. The second kappa shape index (κ2) is 4.41. The van der Waals surface area contributed by atoms with Crippen LogP contribution in [0.1, 0.15) is 10.4 Å². The van der Waals surface area contributed by atoms with Gasteiger partial charge in [-0.1, -0.05) is 12.1 Å². The van der Waals surface area contributed by atoms with Crippen LogP contribution in [-0.4, -0.2) is 35.8 Å². The van der Waals surface area contributed by atoms with Crippen molar-refractivity contribution in [2.24, 2.45) is 0 Å². The number of nitrogens with zero attached hydrogens (tertiary/aromatic N) is 2. The van der Waals surface area contributed by atoms with Crippen molar-refractivity contribution in [2.75, 3.05) is 14.1 Å². The number of likely N-dealkylation sites (N-methyl/N-ethyl adjacent to an activating group) is 1. The maximum atomic E-state index is 11.6. The van der Waals surface area contributed by atoms with Gasteiger partial charge in [0.1, 0.15) is 6.54 Å². The Kier molecular flexibility index (Phi) is 2.95. The Bertz CT molecular complexity index is 570. The summed E-state index contributed by atoms with van der Waals surface area (Å²) < 4.78 is 1.85. The lowest BCUT2D eigenvalue weighted by atomic mass is 10.1. The summed E-state index contributed by atoms with van der Waals surface area (Å²) in [4.78, 5) is 24.1. The molecule has 2 rings (SSSR count). The monoisotopic (exact) mass is 230 g/mol. The molecular formula is C13H14N2O2. The van der Waals surface area contributed by atoms with Gasteiger partial charge in [-0.2, -0.15) is 0 Å². The maximum absolute atomic E-state index is 11.6. The van der Waals surface area contributed by atoms with Gasteiger partial charge in [0.25, 0.3) is 0 Å². The second-order valence-electron chi connectivity index (χ2n) is 4.13. The van der Waals surface area contributed by atoms with Gasteiger partial charge >= 0.3 is 0 Å². The zero-order chi connectivity index (χ0) is 12.4. The van der Waals surface area contributed by atoms with E-state index in [9.17, 15) is 9.59 Å². The lowest BCUT2D eigenvalue weighted by Crippen LogP contribution is -2.25. The van der Waals surface area contributed by atoms with Crippen LogP contribution >= 0.6 is 0 Å². The van der Waals surface area contributed by atoms with Gasteiger partial charge in [0.15, 0.2) is 6.29 Å². The molecule has 0 aliphatic carbocycles. The summed E-state index contributed by atoms with van der Waals surface area (Å²) in [5, 5.41) is 0.883. The molecule has 0 aliphatic heterocycles. The molecule has 1 aromatic carbocycles. The first kappa shape index (κ1) is 11.4. The fourth-order valence-corrected chi connectivity index (χ4v) is 1.78. The Labute approximate surface area is 99.4 Å². The van der Waals surface area contributed by atoms with Gasteiger partial charge in [0, 0.05) is 36.8 Å². The van der Waals surface area contributed by atoms with E-state index in [1.807, 2.05) is 29.0 Å². The summed E-state index contributed by atoms with van der Waals surface area (Å²) in [7, 11) is 3.45. The van der Waals surface area contributed by atoms with Crippen molar-refractivity contribution in [3.05, 3.63) is 36.0 Å². The Morgan fingerprint density at radius 3 is 2.76 bits per heavy atom. The van der Waals surface area contributed by atoms with Crippen LogP contribution in [0.15, 0.2) is 30.5 Å². The largest absolute Gasteiger partial charge is 0.347 e. The van der Waals surface area contributed by atoms with Crippen molar-refractivity contribution in [1.82, 2.24) is 9.47 Å². The molecule has 0 bridgehead atoms. The first-order chi connectivity index (χ1) is 8.13. The third-order valence-electron chi connectivity index (χ3n) is 2.78. The molecule has 0 fully saturated rings. The minimum absolute atomic E-state index is 0.0269. The average Bonchev–Trinajstić information content (AvgIpc) is 2.72. The maximum Gasteiger partial charge on any atom is 0.241 e. The van der Waals surface area contributed by atoms with Crippen LogP contribution in [0.3, 0.4) is 0 Å². The molecule has 0 saturated carbocycles. The van der Waals surface area contributed by atoms with E-state index in [1.165, 1.54) is 0 Å². The van der Waals surface area contributed by atoms with Crippen molar-refractivity contribution in [3.63, 3.8) is 0 Å². The van der Waals surface area contributed by atoms with Gasteiger partial charge < -0.3 is 9.47 Å². The molecule has 0 N–H and O–H groups in total. The van der Waals surface area contributed by atoms with E-state index < -0.39 is 0 Å². The molecule has 88 valence electrons. The minimum atomic E-state index is 0.0269. The van der Waals surface area contributed by atoms with Gasteiger partial charge in [0.2, 0.25) is 5.91 Å². The quantitative estimate of drug-likeness (QED) is 0.751. The molecule has 0 spiro atoms. The number of amides is 1. The van der Waals surface area contributed by atoms with Crippen molar-refractivity contribution in [2.45, 2.75) is 6.54 Å². The van der Waals surface area contributed by atoms with E-state index in [4.69, 9.17) is 0 Å². The standard InChI is InChI=1S/C13H14N2O2/c1-14(2)13(17)8-15-7-6-11-10(9-16)4-3-5-12(11)15/h3-7,9H,8H2,1-2H3. The number of aromatic nitrogens is 1. The average molecular weight is 230 g/mol. The molecule has 0 unspecified atom stereocenters. The van der Waals surface area contributed by atoms with Crippen LogP contribution in [0.25, 0.3) is 10.9 Å². The third kappa shape index (κ3) is 2.06. The molecule has 4 heteroatoms. The fraction of sp³-hybridized carbons (Fsp3) is 0.231. The van der Waals surface area contributed by atoms with Gasteiger partial charge in [-0.25, -0.2) is 0 Å². The molecule has 1 heterocycles. The zero-order valence-electron chi connectivity index (χ0n) is 9.88. The molecule has 2 aromatic rings. The van der Waals surface area contributed by atoms with E-state index in [1.54, 1.807) is 25.1 Å². The predicted molar refractivity (Wildman–Crippen MR) is 66.0 cm³/mol. The minimum Gasteiger partial charge on any atom is -0.347 e. The zero-order valence-corrected chi connectivity index (χ0v) is 9.88. The van der Waals surface area contributed by atoms with E-state index in [0.717, 1.165) is 17.2 Å². The second-order valence-corrected chi connectivity index (χ2v) is 4.13. The highest BCUT2D eigenvalue weighted by molar-refractivity contribution is 5.97. The first-order valence-corrected chi connectivity index (χ1v) is 5.36. The number of carbonyl (C=O) groups excluding carboxylic acids is 2. The Morgan fingerprint density at radius 1 is 1.35 bits per heavy atom. The van der Waals surface area contributed by atoms with Crippen LogP contribution in [0, 0.1) is 0 Å². The molecule has 4 nitrogen and oxygen atoms in total. The van der Waals surface area contributed by atoms with Crippen molar-refractivity contribution in [1.29, 1.82) is 0 Å². The molecule has 1 amide bonds. The van der Waals surface area contributed by atoms with Crippen LogP contribution in [0.4, 0.5) is 0 Å². The predicted octanol–water partition coefficient (Wildman–Crippen LogP) is 1.54. The number of hydrogen-bond donors (Lipinski definition) is 0. The van der Waals surface area contributed by atoms with Crippen LogP contribution in [0.5, 0.6) is 0 Å². The summed E-state index contributed by atoms with van der Waals surface area (Å²) in [5.74, 6) is 0.0269. The Balaban J connectivity index is 2.43. The summed E-state index contributed by atoms with van der Waals surface area (Å²) >= 11 is 0. The smallest absolute Gasteiger partial charge is 0.241 e. The van der Waals surface area contributed by atoms with Crippen LogP contribution < -0.4 is 0 Å². The topological polar surface area (TPSA) is 42.3 Å². The molecular weight excluding hydrogens is 216 g/mol. The number of hydrogen-bond acceptors (Lipinski definition) is 2. The first-order valence-electron chi connectivity index (χ1n) is 5.36. The van der Waals surface area contributed by atoms with Crippen molar-refractivity contribution in [3.8, 4) is 0 Å². The van der Waals surface area contributed by atoms with E-state index in [2.05, 4.69) is 0 Å². The number of benzene rings is 1. The van der Waals surface area contributed by atoms with E-state index in [0.29, 0.717) is 12.1 Å². The SMILES string of the molecule is CN(C)C(=O)Cn1ccc2c(C=O)cccc21. The molecule has 1 aromatic heterocycles. The molecule has 0 aliphatic rings. The highest BCUT2D eigenvalue weighted by atomic mass is 16.2. The van der Waals surface area contributed by atoms with Gasteiger partial charge in [-0.05, 0) is 12.1 Å². The van der Waals surface area contributed by atoms with Gasteiger partial charge in [-0.3, -0.25) is 9.59 Å². The number of carbonyl (C=O) groups is 2. The van der Waals surface area contributed by atoms with Crippen LogP contribution in [-0.2, 0) is 11.3 Å². The third-order valence-corrected chi connectivity index (χ3v) is 2.78. The fourth-order valence-electron chi connectivity index (χ4n) is 1.78. The summed E-state index contributed by atoms with van der Waals surface area (Å²) in [6.45, 7) is 0.290. The number of rotatable bonds is 3.